The molecule has 0 amide bonds. The molecular formula is C10H9BrN2OS. The molecule has 2 aromatic heterocycles. The minimum absolute atomic E-state index is 0.137. The van der Waals surface area contributed by atoms with E-state index < -0.39 is 0 Å². The summed E-state index contributed by atoms with van der Waals surface area (Å²) in [5, 5.41) is 1.99. The second kappa shape index (κ2) is 4.20. The number of hydrogen-bond acceptors (Lipinski definition) is 3. The molecule has 5 heteroatoms. The van der Waals surface area contributed by atoms with Crippen LogP contribution in [0.4, 0.5) is 5.69 Å². The van der Waals surface area contributed by atoms with Crippen molar-refractivity contribution >= 4 is 33.0 Å². The highest BCUT2D eigenvalue weighted by Crippen LogP contribution is 2.20. The van der Waals surface area contributed by atoms with E-state index in [1.54, 1.807) is 34.2 Å². The van der Waals surface area contributed by atoms with Gasteiger partial charge in [0, 0.05) is 20.9 Å². The van der Waals surface area contributed by atoms with Crippen molar-refractivity contribution < 1.29 is 0 Å². The van der Waals surface area contributed by atoms with Gasteiger partial charge in [-0.25, -0.2) is 0 Å². The van der Waals surface area contributed by atoms with E-state index in [-0.39, 0.29) is 11.2 Å². The van der Waals surface area contributed by atoms with E-state index in [1.165, 1.54) is 0 Å². The van der Waals surface area contributed by atoms with Gasteiger partial charge < -0.3 is 10.3 Å². The lowest BCUT2D eigenvalue weighted by Crippen LogP contribution is -2.21. The minimum Gasteiger partial charge on any atom is -0.394 e. The minimum atomic E-state index is -0.137. The Labute approximate surface area is 99.3 Å². The number of anilines is 1. The number of nitrogen functional groups attached to an aromatic ring is 1. The molecule has 0 spiro atoms. The fourth-order valence-corrected chi connectivity index (χ4v) is 2.73. The van der Waals surface area contributed by atoms with Crippen molar-refractivity contribution in [1.82, 2.24) is 4.57 Å². The lowest BCUT2D eigenvalue weighted by molar-refractivity contribution is 0.773. The highest BCUT2D eigenvalue weighted by molar-refractivity contribution is 9.10. The van der Waals surface area contributed by atoms with Gasteiger partial charge in [0.05, 0.1) is 12.2 Å². The first-order chi connectivity index (χ1) is 7.16. The van der Waals surface area contributed by atoms with Crippen molar-refractivity contribution in [3.8, 4) is 0 Å². The molecule has 2 rings (SSSR count). The van der Waals surface area contributed by atoms with E-state index in [2.05, 4.69) is 15.9 Å². The summed E-state index contributed by atoms with van der Waals surface area (Å²) in [6, 6.07) is 5.39. The molecule has 15 heavy (non-hydrogen) atoms. The Morgan fingerprint density at radius 1 is 1.53 bits per heavy atom. The third-order valence-electron chi connectivity index (χ3n) is 2.00. The van der Waals surface area contributed by atoms with Crippen LogP contribution in [0, 0.1) is 0 Å². The van der Waals surface area contributed by atoms with Crippen LogP contribution in [0.5, 0.6) is 0 Å². The topological polar surface area (TPSA) is 48.0 Å². The Balaban J connectivity index is 2.32. The average molecular weight is 285 g/mol. The fraction of sp³-hybridized carbons (Fsp3) is 0.100. The molecule has 0 fully saturated rings. The van der Waals surface area contributed by atoms with E-state index in [0.29, 0.717) is 6.54 Å². The van der Waals surface area contributed by atoms with Gasteiger partial charge in [-0.15, -0.1) is 11.3 Å². The van der Waals surface area contributed by atoms with Crippen molar-refractivity contribution in [2.75, 3.05) is 5.73 Å². The van der Waals surface area contributed by atoms with Crippen LogP contribution in [0.1, 0.15) is 4.88 Å². The summed E-state index contributed by atoms with van der Waals surface area (Å²) in [5.41, 5.74) is 5.69. The van der Waals surface area contributed by atoms with Gasteiger partial charge in [0.15, 0.2) is 0 Å². The van der Waals surface area contributed by atoms with E-state index in [0.717, 1.165) is 9.35 Å². The van der Waals surface area contributed by atoms with E-state index >= 15 is 0 Å². The van der Waals surface area contributed by atoms with E-state index in [1.807, 2.05) is 11.4 Å². The molecule has 0 atom stereocenters. The number of thiophene rings is 1. The van der Waals surface area contributed by atoms with Crippen LogP contribution < -0.4 is 11.3 Å². The van der Waals surface area contributed by atoms with Gasteiger partial charge in [-0.2, -0.15) is 0 Å². The number of aromatic nitrogens is 1. The Morgan fingerprint density at radius 3 is 3.00 bits per heavy atom. The number of nitrogens with zero attached hydrogens (tertiary/aromatic N) is 1. The van der Waals surface area contributed by atoms with Crippen LogP contribution in [0.3, 0.4) is 0 Å². The molecular weight excluding hydrogens is 276 g/mol. The third kappa shape index (κ3) is 2.30. The quantitative estimate of drug-likeness (QED) is 0.920. The molecule has 2 heterocycles. The first-order valence-corrected chi connectivity index (χ1v) is 6.02. The first-order valence-electron chi connectivity index (χ1n) is 4.34. The van der Waals surface area contributed by atoms with Crippen LogP contribution >= 0.6 is 27.3 Å². The van der Waals surface area contributed by atoms with Gasteiger partial charge in [0.25, 0.3) is 5.56 Å². The Kier molecular flexibility index (Phi) is 2.93. The molecule has 0 saturated heterocycles. The van der Waals surface area contributed by atoms with Crippen LogP contribution in [0.15, 0.2) is 39.0 Å². The molecule has 3 nitrogen and oxygen atoms in total. The number of hydrogen-bond donors (Lipinski definition) is 1. The number of pyridine rings is 1. The van der Waals surface area contributed by atoms with Crippen LogP contribution in [0.2, 0.25) is 0 Å². The SMILES string of the molecule is Nc1cccn(Cc2cc(Br)cs2)c1=O. The molecule has 0 aromatic carbocycles. The Morgan fingerprint density at radius 2 is 2.33 bits per heavy atom. The molecule has 78 valence electrons. The van der Waals surface area contributed by atoms with E-state index in [4.69, 9.17) is 5.73 Å². The Bertz CT molecular complexity index is 532. The zero-order valence-electron chi connectivity index (χ0n) is 7.81. The normalized spacial score (nSPS) is 10.5. The predicted molar refractivity (Wildman–Crippen MR) is 66.2 cm³/mol. The largest absolute Gasteiger partial charge is 0.394 e. The van der Waals surface area contributed by atoms with Gasteiger partial charge in [0.2, 0.25) is 0 Å². The van der Waals surface area contributed by atoms with Crippen molar-refractivity contribution in [2.24, 2.45) is 0 Å². The van der Waals surface area contributed by atoms with Gasteiger partial charge in [-0.3, -0.25) is 4.79 Å². The zero-order chi connectivity index (χ0) is 10.8. The highest BCUT2D eigenvalue weighted by Gasteiger charge is 2.02. The molecule has 0 aliphatic heterocycles. The summed E-state index contributed by atoms with van der Waals surface area (Å²) < 4.78 is 2.65. The Hall–Kier alpha value is -1.07. The van der Waals surface area contributed by atoms with Gasteiger partial charge in [-0.1, -0.05) is 0 Å². The molecule has 0 aliphatic carbocycles. The first kappa shape index (κ1) is 10.4. The number of nitrogens with two attached hydrogens (primary N) is 1. The molecule has 2 N–H and O–H groups in total. The van der Waals surface area contributed by atoms with Crippen molar-refractivity contribution in [2.45, 2.75) is 6.54 Å². The average Bonchev–Trinajstić information content (AvgIpc) is 2.59. The number of rotatable bonds is 2. The second-order valence-electron chi connectivity index (χ2n) is 3.13. The maximum atomic E-state index is 11.6. The maximum absolute atomic E-state index is 11.6. The predicted octanol–water partition coefficient (Wildman–Crippen LogP) is 2.30. The smallest absolute Gasteiger partial charge is 0.273 e. The zero-order valence-corrected chi connectivity index (χ0v) is 10.2. The number of halogens is 1. The monoisotopic (exact) mass is 284 g/mol. The molecule has 2 aromatic rings. The summed E-state index contributed by atoms with van der Waals surface area (Å²) in [6.45, 7) is 0.570. The second-order valence-corrected chi connectivity index (χ2v) is 5.04. The van der Waals surface area contributed by atoms with Crippen molar-refractivity contribution in [1.29, 1.82) is 0 Å². The van der Waals surface area contributed by atoms with Gasteiger partial charge in [0.1, 0.15) is 0 Å². The summed E-state index contributed by atoms with van der Waals surface area (Å²) in [6.07, 6.45) is 1.74. The standard InChI is InChI=1S/C10H9BrN2OS/c11-7-4-8(15-6-7)5-13-3-1-2-9(12)10(13)14/h1-4,6H,5,12H2. The van der Waals surface area contributed by atoms with Gasteiger partial charge in [-0.05, 0) is 34.1 Å². The van der Waals surface area contributed by atoms with E-state index in [9.17, 15) is 4.79 Å². The van der Waals surface area contributed by atoms with Crippen LogP contribution in [-0.4, -0.2) is 4.57 Å². The van der Waals surface area contributed by atoms with Crippen molar-refractivity contribution in [3.05, 3.63) is 49.5 Å². The van der Waals surface area contributed by atoms with Crippen LogP contribution in [0.25, 0.3) is 0 Å². The fourth-order valence-electron chi connectivity index (χ4n) is 1.28. The van der Waals surface area contributed by atoms with Crippen molar-refractivity contribution in [3.63, 3.8) is 0 Å². The summed E-state index contributed by atoms with van der Waals surface area (Å²) in [7, 11) is 0. The molecule has 0 unspecified atom stereocenters. The van der Waals surface area contributed by atoms with Crippen LogP contribution in [-0.2, 0) is 6.54 Å². The van der Waals surface area contributed by atoms with Gasteiger partial charge >= 0.3 is 0 Å². The molecule has 0 aliphatic rings. The summed E-state index contributed by atoms with van der Waals surface area (Å²) in [5.74, 6) is 0. The molecule has 0 bridgehead atoms. The maximum Gasteiger partial charge on any atom is 0.273 e. The summed E-state index contributed by atoms with van der Waals surface area (Å²) >= 11 is 4.99. The molecule has 0 saturated carbocycles. The highest BCUT2D eigenvalue weighted by atomic mass is 79.9. The summed E-state index contributed by atoms with van der Waals surface area (Å²) in [4.78, 5) is 12.7. The third-order valence-corrected chi connectivity index (χ3v) is 3.68. The lowest BCUT2D eigenvalue weighted by atomic mass is 10.4. The lowest BCUT2D eigenvalue weighted by Gasteiger charge is -2.03. The molecule has 0 radical (unpaired) electrons.